The van der Waals surface area contributed by atoms with Crippen LogP contribution in [0.4, 0.5) is 0 Å². The van der Waals surface area contributed by atoms with Crippen LogP contribution in [0.5, 0.6) is 0 Å². The molecule has 1 rings (SSSR count). The van der Waals surface area contributed by atoms with E-state index in [9.17, 15) is 4.79 Å². The van der Waals surface area contributed by atoms with Crippen molar-refractivity contribution in [3.8, 4) is 0 Å². The lowest BCUT2D eigenvalue weighted by molar-refractivity contribution is -0.147. The van der Waals surface area contributed by atoms with Crippen molar-refractivity contribution in [1.29, 1.82) is 0 Å². The maximum atomic E-state index is 11.0. The molecule has 88 valence electrons. The molecule has 0 radical (unpaired) electrons. The van der Waals surface area contributed by atoms with Gasteiger partial charge < -0.3 is 4.74 Å². The van der Waals surface area contributed by atoms with E-state index in [2.05, 4.69) is 26.0 Å². The van der Waals surface area contributed by atoms with Crippen LogP contribution in [0.1, 0.15) is 45.1 Å². The third-order valence-corrected chi connectivity index (χ3v) is 2.84. The normalized spacial score (nSPS) is 14.2. The zero-order valence-corrected chi connectivity index (χ0v) is 10.3. The van der Waals surface area contributed by atoms with Crippen molar-refractivity contribution in [3.63, 3.8) is 0 Å². The molecule has 0 aliphatic carbocycles. The summed E-state index contributed by atoms with van der Waals surface area (Å²) in [5.41, 5.74) is 1.25. The highest BCUT2D eigenvalue weighted by Gasteiger charge is 2.22. The Morgan fingerprint density at radius 3 is 2.25 bits per heavy atom. The summed E-state index contributed by atoms with van der Waals surface area (Å²) in [6, 6.07) is 10.3. The number of carbonyl (C=O) groups excluding carboxylic acids is 1. The monoisotopic (exact) mass is 220 g/mol. The molecule has 0 heterocycles. The average Bonchev–Trinajstić information content (AvgIpc) is 2.29. The first kappa shape index (κ1) is 12.8. The summed E-state index contributed by atoms with van der Waals surface area (Å²) in [6.45, 7) is 5.66. The number of ether oxygens (including phenoxy) is 1. The van der Waals surface area contributed by atoms with Gasteiger partial charge in [-0.1, -0.05) is 44.2 Å². The van der Waals surface area contributed by atoms with Gasteiger partial charge in [0.2, 0.25) is 0 Å². The van der Waals surface area contributed by atoms with Gasteiger partial charge in [0.05, 0.1) is 0 Å². The molecule has 0 bridgehead atoms. The summed E-state index contributed by atoms with van der Waals surface area (Å²) in [4.78, 5) is 11.0. The van der Waals surface area contributed by atoms with Crippen molar-refractivity contribution in [2.24, 2.45) is 0 Å². The van der Waals surface area contributed by atoms with Crippen LogP contribution >= 0.6 is 0 Å². The van der Waals surface area contributed by atoms with Crippen molar-refractivity contribution in [2.45, 2.75) is 45.6 Å². The van der Waals surface area contributed by atoms with Crippen LogP contribution in [0.15, 0.2) is 30.3 Å². The molecular formula is C14H20O2. The topological polar surface area (TPSA) is 26.3 Å². The second kappa shape index (κ2) is 6.31. The molecule has 0 fully saturated rings. The zero-order chi connectivity index (χ0) is 12.0. The number of hydrogen-bond donors (Lipinski definition) is 0. The molecule has 0 spiro atoms. The van der Waals surface area contributed by atoms with Gasteiger partial charge in [-0.2, -0.15) is 0 Å². The van der Waals surface area contributed by atoms with E-state index in [1.807, 2.05) is 18.2 Å². The third-order valence-electron chi connectivity index (χ3n) is 2.84. The maximum absolute atomic E-state index is 11.0. The first-order valence-electron chi connectivity index (χ1n) is 5.91. The number of hydrogen-bond acceptors (Lipinski definition) is 2. The minimum absolute atomic E-state index is 0.00935. The molecule has 0 aliphatic heterocycles. The second-order valence-electron chi connectivity index (χ2n) is 3.98. The van der Waals surface area contributed by atoms with Gasteiger partial charge in [-0.3, -0.25) is 4.79 Å². The lowest BCUT2D eigenvalue weighted by Gasteiger charge is -2.25. The molecule has 2 nitrogen and oxygen atoms in total. The molecule has 16 heavy (non-hydrogen) atoms. The molecule has 1 aromatic rings. The predicted molar refractivity (Wildman–Crippen MR) is 65.3 cm³/mol. The Kier molecular flexibility index (Phi) is 5.03. The Bertz CT molecular complexity index is 319. The summed E-state index contributed by atoms with van der Waals surface area (Å²) in [5.74, 6) is 0.108. The Morgan fingerprint density at radius 2 is 1.81 bits per heavy atom. The molecule has 0 aromatic heterocycles. The average molecular weight is 220 g/mol. The number of rotatable bonds is 5. The van der Waals surface area contributed by atoms with Gasteiger partial charge in [-0.05, 0) is 18.4 Å². The van der Waals surface area contributed by atoms with E-state index in [0.29, 0.717) is 5.92 Å². The molecule has 0 N–H and O–H groups in total. The molecule has 1 aromatic carbocycles. The number of esters is 1. The first-order chi connectivity index (χ1) is 7.69. The molecule has 0 saturated carbocycles. The van der Waals surface area contributed by atoms with Crippen molar-refractivity contribution >= 4 is 5.97 Å². The summed E-state index contributed by atoms with van der Waals surface area (Å²) in [7, 11) is 0. The minimum Gasteiger partial charge on any atom is -0.462 e. The van der Waals surface area contributed by atoms with Crippen LogP contribution in [-0.4, -0.2) is 12.1 Å². The maximum Gasteiger partial charge on any atom is 0.302 e. The van der Waals surface area contributed by atoms with Crippen molar-refractivity contribution in [3.05, 3.63) is 35.9 Å². The quantitative estimate of drug-likeness (QED) is 0.710. The lowest BCUT2D eigenvalue weighted by Crippen LogP contribution is -2.23. The van der Waals surface area contributed by atoms with E-state index in [1.54, 1.807) is 0 Å². The molecular weight excluding hydrogens is 200 g/mol. The van der Waals surface area contributed by atoms with Gasteiger partial charge >= 0.3 is 5.97 Å². The highest BCUT2D eigenvalue weighted by molar-refractivity contribution is 5.66. The zero-order valence-electron chi connectivity index (χ0n) is 10.3. The van der Waals surface area contributed by atoms with Gasteiger partial charge in [-0.25, -0.2) is 0 Å². The fraction of sp³-hybridized carbons (Fsp3) is 0.500. The van der Waals surface area contributed by atoms with Gasteiger partial charge in [-0.15, -0.1) is 0 Å². The Morgan fingerprint density at radius 1 is 1.19 bits per heavy atom. The molecule has 0 aliphatic rings. The van der Waals surface area contributed by atoms with E-state index in [4.69, 9.17) is 4.74 Å². The van der Waals surface area contributed by atoms with Gasteiger partial charge in [0.15, 0.2) is 0 Å². The summed E-state index contributed by atoms with van der Waals surface area (Å²) >= 11 is 0. The molecule has 2 unspecified atom stereocenters. The van der Waals surface area contributed by atoms with Gasteiger partial charge in [0.1, 0.15) is 6.10 Å². The van der Waals surface area contributed by atoms with E-state index in [1.165, 1.54) is 12.5 Å². The Balaban J connectivity index is 2.83. The molecule has 2 atom stereocenters. The summed E-state index contributed by atoms with van der Waals surface area (Å²) in [6.07, 6.45) is 1.83. The fourth-order valence-corrected chi connectivity index (χ4v) is 2.08. The van der Waals surface area contributed by atoms with Crippen LogP contribution in [0.2, 0.25) is 0 Å². The second-order valence-corrected chi connectivity index (χ2v) is 3.98. The Labute approximate surface area is 97.6 Å². The highest BCUT2D eigenvalue weighted by Crippen LogP contribution is 2.27. The molecule has 2 heteroatoms. The summed E-state index contributed by atoms with van der Waals surface area (Å²) in [5, 5.41) is 0. The number of carbonyl (C=O) groups is 1. The number of benzene rings is 1. The van der Waals surface area contributed by atoms with Gasteiger partial charge in [0.25, 0.3) is 0 Å². The van der Waals surface area contributed by atoms with Crippen molar-refractivity contribution < 1.29 is 9.53 Å². The Hall–Kier alpha value is -1.31. The van der Waals surface area contributed by atoms with Crippen molar-refractivity contribution in [1.82, 2.24) is 0 Å². The van der Waals surface area contributed by atoms with E-state index in [0.717, 1.165) is 12.8 Å². The van der Waals surface area contributed by atoms with Crippen LogP contribution < -0.4 is 0 Å². The predicted octanol–water partition coefficient (Wildman–Crippen LogP) is 3.52. The van der Waals surface area contributed by atoms with Crippen LogP contribution in [0.3, 0.4) is 0 Å². The fourth-order valence-electron chi connectivity index (χ4n) is 2.08. The van der Waals surface area contributed by atoms with Crippen LogP contribution in [0, 0.1) is 0 Å². The van der Waals surface area contributed by atoms with Crippen molar-refractivity contribution in [2.75, 3.05) is 0 Å². The largest absolute Gasteiger partial charge is 0.462 e. The smallest absolute Gasteiger partial charge is 0.302 e. The summed E-state index contributed by atoms with van der Waals surface area (Å²) < 4.78 is 5.37. The molecule has 0 amide bonds. The molecule has 0 saturated heterocycles. The van der Waals surface area contributed by atoms with Crippen LogP contribution in [0.25, 0.3) is 0 Å². The highest BCUT2D eigenvalue weighted by atomic mass is 16.5. The van der Waals surface area contributed by atoms with E-state index < -0.39 is 0 Å². The SMILES string of the molecule is CCC(OC(C)=O)C(CC)c1ccccc1. The van der Waals surface area contributed by atoms with Gasteiger partial charge in [0, 0.05) is 12.8 Å². The third kappa shape index (κ3) is 3.37. The lowest BCUT2D eigenvalue weighted by atomic mass is 9.89. The first-order valence-corrected chi connectivity index (χ1v) is 5.91. The standard InChI is InChI=1S/C14H20O2/c1-4-13(12-9-7-6-8-10-12)14(5-2)16-11(3)15/h6-10,13-14H,4-5H2,1-3H3. The van der Waals surface area contributed by atoms with Crippen LogP contribution in [-0.2, 0) is 9.53 Å². The van der Waals surface area contributed by atoms with E-state index >= 15 is 0 Å². The minimum atomic E-state index is -0.193. The van der Waals surface area contributed by atoms with E-state index in [-0.39, 0.29) is 12.1 Å².